The van der Waals surface area contributed by atoms with Crippen LogP contribution in [0.5, 0.6) is 0 Å². The molecule has 1 aromatic carbocycles. The van der Waals surface area contributed by atoms with Gasteiger partial charge in [-0.15, -0.1) is 0 Å². The Morgan fingerprint density at radius 1 is 1.32 bits per heavy atom. The molecule has 4 nitrogen and oxygen atoms in total. The first-order chi connectivity index (χ1) is 10.6. The molecular formula is C17H22BrNO3. The van der Waals surface area contributed by atoms with Crippen LogP contribution in [0.3, 0.4) is 0 Å². The van der Waals surface area contributed by atoms with Gasteiger partial charge in [0.15, 0.2) is 0 Å². The van der Waals surface area contributed by atoms with Gasteiger partial charge in [-0.3, -0.25) is 4.79 Å². The molecule has 0 saturated heterocycles. The zero-order chi connectivity index (χ0) is 15.9. The first-order valence-corrected chi connectivity index (χ1v) is 8.50. The van der Waals surface area contributed by atoms with E-state index < -0.39 is 12.0 Å². The van der Waals surface area contributed by atoms with E-state index in [9.17, 15) is 9.59 Å². The van der Waals surface area contributed by atoms with Gasteiger partial charge in [0.25, 0.3) is 0 Å². The summed E-state index contributed by atoms with van der Waals surface area (Å²) in [7, 11) is 1.35. The van der Waals surface area contributed by atoms with E-state index in [-0.39, 0.29) is 5.91 Å². The molecule has 1 aliphatic rings. The molecule has 1 fully saturated rings. The Bertz CT molecular complexity index is 526. The summed E-state index contributed by atoms with van der Waals surface area (Å²) in [4.78, 5) is 24.1. The second-order valence-electron chi connectivity index (χ2n) is 5.79. The molecule has 22 heavy (non-hydrogen) atoms. The third-order valence-electron chi connectivity index (χ3n) is 4.15. The first kappa shape index (κ1) is 17.0. The van der Waals surface area contributed by atoms with Crippen LogP contribution in [-0.2, 0) is 20.7 Å². The summed E-state index contributed by atoms with van der Waals surface area (Å²) in [5.41, 5.74) is 0.971. The molecule has 0 spiro atoms. The molecule has 0 heterocycles. The number of amides is 1. The molecule has 0 radical (unpaired) electrons. The van der Waals surface area contributed by atoms with Crippen LogP contribution in [0.4, 0.5) is 0 Å². The number of hydrogen-bond donors (Lipinski definition) is 1. The fraction of sp³-hybridized carbons (Fsp3) is 0.529. The minimum absolute atomic E-state index is 0.0608. The maximum atomic E-state index is 12.2. The van der Waals surface area contributed by atoms with Crippen molar-refractivity contribution in [1.82, 2.24) is 5.32 Å². The molecular weight excluding hydrogens is 346 g/mol. The maximum absolute atomic E-state index is 12.2. The number of halogens is 1. The SMILES string of the molecule is COC(=O)[C@@H](Cc1ccccc1Br)NC(=O)CC1CCCC1. The molecule has 1 aliphatic carbocycles. The number of methoxy groups -OCH3 is 1. The van der Waals surface area contributed by atoms with Crippen molar-refractivity contribution in [3.05, 3.63) is 34.3 Å². The Kier molecular flexibility index (Phi) is 6.43. The predicted molar refractivity (Wildman–Crippen MR) is 88.4 cm³/mol. The van der Waals surface area contributed by atoms with Crippen molar-refractivity contribution >= 4 is 27.8 Å². The second-order valence-corrected chi connectivity index (χ2v) is 6.65. The minimum atomic E-state index is -0.641. The number of hydrogen-bond acceptors (Lipinski definition) is 3. The Balaban J connectivity index is 1.98. The summed E-state index contributed by atoms with van der Waals surface area (Å²) in [6.07, 6.45) is 5.56. The number of esters is 1. The smallest absolute Gasteiger partial charge is 0.328 e. The fourth-order valence-corrected chi connectivity index (χ4v) is 3.40. The van der Waals surface area contributed by atoms with Crippen molar-refractivity contribution in [2.75, 3.05) is 7.11 Å². The van der Waals surface area contributed by atoms with Crippen LogP contribution in [0.1, 0.15) is 37.7 Å². The molecule has 120 valence electrons. The van der Waals surface area contributed by atoms with E-state index in [1.807, 2.05) is 24.3 Å². The summed E-state index contributed by atoms with van der Waals surface area (Å²) < 4.78 is 5.75. The highest BCUT2D eigenvalue weighted by atomic mass is 79.9. The van der Waals surface area contributed by atoms with E-state index in [1.165, 1.54) is 20.0 Å². The molecule has 1 saturated carbocycles. The van der Waals surface area contributed by atoms with Crippen LogP contribution < -0.4 is 5.32 Å². The van der Waals surface area contributed by atoms with Crippen LogP contribution in [0.15, 0.2) is 28.7 Å². The van der Waals surface area contributed by atoms with Gasteiger partial charge in [-0.05, 0) is 30.4 Å². The second kappa shape index (κ2) is 8.32. The van der Waals surface area contributed by atoms with Gasteiger partial charge in [0.1, 0.15) is 6.04 Å². The zero-order valence-corrected chi connectivity index (χ0v) is 14.4. The largest absolute Gasteiger partial charge is 0.467 e. The lowest BCUT2D eigenvalue weighted by atomic mass is 10.0. The standard InChI is InChI=1S/C17H22BrNO3/c1-22-17(21)15(11-13-8-4-5-9-14(13)18)19-16(20)10-12-6-2-3-7-12/h4-5,8-9,12,15H,2-3,6-7,10-11H2,1H3,(H,19,20)/t15-/m1/s1. The molecule has 1 N–H and O–H groups in total. The summed E-state index contributed by atoms with van der Waals surface area (Å²) in [6, 6.07) is 7.04. The van der Waals surface area contributed by atoms with Gasteiger partial charge >= 0.3 is 5.97 Å². The van der Waals surface area contributed by atoms with Crippen molar-refractivity contribution in [2.45, 2.75) is 44.6 Å². The summed E-state index contributed by atoms with van der Waals surface area (Å²) in [5.74, 6) is -0.00774. The third kappa shape index (κ3) is 4.83. The Labute approximate surface area is 139 Å². The van der Waals surface area contributed by atoms with Crippen LogP contribution in [-0.4, -0.2) is 25.0 Å². The highest BCUT2D eigenvalue weighted by Gasteiger charge is 2.25. The van der Waals surface area contributed by atoms with Crippen LogP contribution in [0.25, 0.3) is 0 Å². The molecule has 0 aliphatic heterocycles. The van der Waals surface area contributed by atoms with Crippen molar-refractivity contribution in [3.8, 4) is 0 Å². The van der Waals surface area contributed by atoms with E-state index in [2.05, 4.69) is 21.2 Å². The van der Waals surface area contributed by atoms with Crippen molar-refractivity contribution < 1.29 is 14.3 Å². The number of rotatable bonds is 6. The fourth-order valence-electron chi connectivity index (χ4n) is 2.95. The Morgan fingerprint density at radius 2 is 2.00 bits per heavy atom. The van der Waals surface area contributed by atoms with E-state index in [0.29, 0.717) is 18.8 Å². The monoisotopic (exact) mass is 367 g/mol. The zero-order valence-electron chi connectivity index (χ0n) is 12.8. The van der Waals surface area contributed by atoms with Gasteiger partial charge in [-0.1, -0.05) is 47.0 Å². The number of ether oxygens (including phenoxy) is 1. The predicted octanol–water partition coefficient (Wildman–Crippen LogP) is 3.23. The average molecular weight is 368 g/mol. The maximum Gasteiger partial charge on any atom is 0.328 e. The number of nitrogens with one attached hydrogen (secondary N) is 1. The third-order valence-corrected chi connectivity index (χ3v) is 4.93. The van der Waals surface area contributed by atoms with E-state index in [1.54, 1.807) is 0 Å². The molecule has 1 aromatic rings. The molecule has 1 amide bonds. The van der Waals surface area contributed by atoms with Gasteiger partial charge in [0, 0.05) is 17.3 Å². The molecule has 2 rings (SSSR count). The molecule has 1 atom stereocenters. The van der Waals surface area contributed by atoms with E-state index in [4.69, 9.17) is 4.74 Å². The minimum Gasteiger partial charge on any atom is -0.467 e. The van der Waals surface area contributed by atoms with Crippen molar-refractivity contribution in [2.24, 2.45) is 5.92 Å². The first-order valence-electron chi connectivity index (χ1n) is 7.70. The number of carbonyl (C=O) groups excluding carboxylic acids is 2. The van der Waals surface area contributed by atoms with Gasteiger partial charge in [-0.25, -0.2) is 4.79 Å². The van der Waals surface area contributed by atoms with E-state index in [0.717, 1.165) is 22.9 Å². The lowest BCUT2D eigenvalue weighted by molar-refractivity contribution is -0.145. The van der Waals surface area contributed by atoms with Crippen LogP contribution in [0, 0.1) is 5.92 Å². The number of benzene rings is 1. The van der Waals surface area contributed by atoms with E-state index >= 15 is 0 Å². The average Bonchev–Trinajstić information content (AvgIpc) is 3.00. The molecule has 5 heteroatoms. The highest BCUT2D eigenvalue weighted by molar-refractivity contribution is 9.10. The van der Waals surface area contributed by atoms with Crippen LogP contribution in [0.2, 0.25) is 0 Å². The van der Waals surface area contributed by atoms with Gasteiger partial charge in [-0.2, -0.15) is 0 Å². The van der Waals surface area contributed by atoms with Crippen molar-refractivity contribution in [1.29, 1.82) is 0 Å². The van der Waals surface area contributed by atoms with Gasteiger partial charge < -0.3 is 10.1 Å². The number of carbonyl (C=O) groups is 2. The summed E-state index contributed by atoms with van der Waals surface area (Å²) in [5, 5.41) is 2.84. The highest BCUT2D eigenvalue weighted by Crippen LogP contribution is 2.27. The van der Waals surface area contributed by atoms with Gasteiger partial charge in [0.2, 0.25) is 5.91 Å². The van der Waals surface area contributed by atoms with Gasteiger partial charge in [0.05, 0.1) is 7.11 Å². The van der Waals surface area contributed by atoms with Crippen molar-refractivity contribution in [3.63, 3.8) is 0 Å². The molecule has 0 bridgehead atoms. The lowest BCUT2D eigenvalue weighted by Gasteiger charge is -2.18. The quantitative estimate of drug-likeness (QED) is 0.785. The molecule has 0 unspecified atom stereocenters. The Hall–Kier alpha value is -1.36. The normalized spacial score (nSPS) is 16.3. The summed E-state index contributed by atoms with van der Waals surface area (Å²) in [6.45, 7) is 0. The lowest BCUT2D eigenvalue weighted by Crippen LogP contribution is -2.43. The topological polar surface area (TPSA) is 55.4 Å². The summed E-state index contributed by atoms with van der Waals surface area (Å²) >= 11 is 3.47. The Morgan fingerprint density at radius 3 is 2.64 bits per heavy atom. The van der Waals surface area contributed by atoms with Crippen LogP contribution >= 0.6 is 15.9 Å². The molecule has 0 aromatic heterocycles.